The fraction of sp³-hybridized carbons (Fsp3) is 0.444. The number of fused-ring (bicyclic) bond motifs is 1. The van der Waals surface area contributed by atoms with E-state index in [2.05, 4.69) is 18.8 Å². The van der Waals surface area contributed by atoms with E-state index in [0.717, 1.165) is 16.7 Å². The first kappa shape index (κ1) is 25.1. The Morgan fingerprint density at radius 2 is 1.86 bits per heavy atom. The van der Waals surface area contributed by atoms with Gasteiger partial charge in [0.15, 0.2) is 16.6 Å². The highest BCUT2D eigenvalue weighted by atomic mass is 32.2. The Kier molecular flexibility index (Phi) is 6.86. The summed E-state index contributed by atoms with van der Waals surface area (Å²) in [4.78, 5) is 29.0. The molecule has 7 nitrogen and oxygen atoms in total. The lowest BCUT2D eigenvalue weighted by molar-refractivity contribution is -0.117. The third kappa shape index (κ3) is 5.03. The van der Waals surface area contributed by atoms with Crippen molar-refractivity contribution in [2.24, 2.45) is 16.6 Å². The number of amides is 1. The van der Waals surface area contributed by atoms with Crippen molar-refractivity contribution >= 4 is 28.6 Å². The van der Waals surface area contributed by atoms with Gasteiger partial charge in [0.2, 0.25) is 0 Å². The van der Waals surface area contributed by atoms with Crippen molar-refractivity contribution in [2.75, 3.05) is 6.61 Å². The number of benzene rings is 2. The number of hydrogen-bond acceptors (Lipinski definition) is 7. The topological polar surface area (TPSA) is 111 Å². The Balaban J connectivity index is 1.53. The second-order valence-corrected chi connectivity index (χ2v) is 11.2. The number of nitrogens with two attached hydrogens (primary N) is 1. The number of ketones is 1. The van der Waals surface area contributed by atoms with Crippen LogP contribution in [0.3, 0.4) is 0 Å². The maximum atomic E-state index is 13.3. The highest BCUT2D eigenvalue weighted by Gasteiger charge is 2.44. The van der Waals surface area contributed by atoms with Gasteiger partial charge in [-0.3, -0.25) is 9.59 Å². The van der Waals surface area contributed by atoms with Gasteiger partial charge < -0.3 is 20.3 Å². The maximum Gasteiger partial charge on any atom is 0.261 e. The fourth-order valence-electron chi connectivity index (χ4n) is 4.88. The third-order valence-corrected chi connectivity index (χ3v) is 7.67. The molecule has 0 saturated heterocycles. The number of rotatable bonds is 7. The van der Waals surface area contributed by atoms with E-state index in [-0.39, 0.29) is 41.6 Å². The molecule has 2 unspecified atom stereocenters. The normalized spacial score (nSPS) is 21.7. The average molecular weight is 497 g/mol. The summed E-state index contributed by atoms with van der Waals surface area (Å²) in [6.45, 7) is 9.87. The Hall–Kier alpha value is -3.00. The van der Waals surface area contributed by atoms with Crippen molar-refractivity contribution in [1.29, 1.82) is 0 Å². The highest BCUT2D eigenvalue weighted by Crippen LogP contribution is 2.45. The van der Waals surface area contributed by atoms with Gasteiger partial charge in [-0.25, -0.2) is 0 Å². The zero-order valence-electron chi connectivity index (χ0n) is 20.8. The lowest BCUT2D eigenvalue weighted by Crippen LogP contribution is -2.48. The van der Waals surface area contributed by atoms with Crippen molar-refractivity contribution in [3.63, 3.8) is 0 Å². The van der Waals surface area contributed by atoms with E-state index in [1.54, 1.807) is 6.92 Å². The molecule has 4 rings (SSSR count). The molecule has 2 aliphatic rings. The summed E-state index contributed by atoms with van der Waals surface area (Å²) < 4.78 is 12.7. The van der Waals surface area contributed by atoms with Crippen LogP contribution in [0.5, 0.6) is 17.2 Å². The Morgan fingerprint density at radius 3 is 2.46 bits per heavy atom. The molecule has 2 atom stereocenters. The number of hydrogen-bond donors (Lipinski definition) is 2. The van der Waals surface area contributed by atoms with Crippen LogP contribution >= 0.6 is 11.8 Å². The number of ether oxygens (including phenoxy) is 2. The third-order valence-electron chi connectivity index (χ3n) is 6.68. The van der Waals surface area contributed by atoms with Crippen LogP contribution in [-0.4, -0.2) is 39.4 Å². The number of thioether (sulfide) groups is 1. The second-order valence-electron chi connectivity index (χ2n) is 9.94. The number of amidine groups is 1. The summed E-state index contributed by atoms with van der Waals surface area (Å²) in [6, 6.07) is 7.58. The van der Waals surface area contributed by atoms with Crippen LogP contribution in [0.25, 0.3) is 0 Å². The van der Waals surface area contributed by atoms with Gasteiger partial charge in [-0.2, -0.15) is 4.99 Å². The fourth-order valence-corrected chi connectivity index (χ4v) is 5.75. The van der Waals surface area contributed by atoms with Crippen molar-refractivity contribution in [3.05, 3.63) is 52.1 Å². The molecular formula is C27H32N2O5S. The number of aliphatic imine (C=N–C) groups is 1. The van der Waals surface area contributed by atoms with Gasteiger partial charge in [0, 0.05) is 5.56 Å². The summed E-state index contributed by atoms with van der Waals surface area (Å²) in [7, 11) is 0. The van der Waals surface area contributed by atoms with E-state index in [1.165, 1.54) is 11.8 Å². The van der Waals surface area contributed by atoms with Crippen molar-refractivity contribution in [2.45, 2.75) is 64.7 Å². The molecule has 2 aromatic carbocycles. The number of phenolic OH excluding ortho intramolecular Hbond substituents is 1. The zero-order chi connectivity index (χ0) is 25.5. The molecule has 0 fully saturated rings. The average Bonchev–Trinajstić information content (AvgIpc) is 3.11. The minimum Gasteiger partial charge on any atom is -0.507 e. The number of nitrogens with zero attached hydrogens (tertiary/aromatic N) is 1. The molecule has 2 aromatic rings. The van der Waals surface area contributed by atoms with E-state index in [0.29, 0.717) is 40.6 Å². The van der Waals surface area contributed by atoms with Gasteiger partial charge in [0.1, 0.15) is 23.9 Å². The van der Waals surface area contributed by atoms with Crippen LogP contribution in [0.4, 0.5) is 0 Å². The minimum atomic E-state index is -0.806. The number of Topliss-reactive ketones (excluding diaryl/α,β-unsaturated/α-hetero) is 1. The molecular weight excluding hydrogens is 464 g/mol. The smallest absolute Gasteiger partial charge is 0.261 e. The number of carbonyl (C=O) groups is 2. The lowest BCUT2D eigenvalue weighted by Gasteiger charge is -2.40. The van der Waals surface area contributed by atoms with Crippen LogP contribution in [-0.2, 0) is 11.2 Å². The molecule has 8 heteroatoms. The van der Waals surface area contributed by atoms with Crippen LogP contribution in [0, 0.1) is 26.7 Å². The number of phenols is 1. The van der Waals surface area contributed by atoms with E-state index in [1.807, 2.05) is 38.1 Å². The first-order chi connectivity index (χ1) is 16.5. The predicted molar refractivity (Wildman–Crippen MR) is 138 cm³/mol. The lowest BCUT2D eigenvalue weighted by atomic mass is 9.81. The van der Waals surface area contributed by atoms with Gasteiger partial charge in [0.25, 0.3) is 5.91 Å². The standard InChI is InChI=1S/C27H32N2O5S/c1-14(2)11-27(12-20(30)22-17(5)23(31)15(3)16(4)24(22)34-27)13-33-19-8-6-18(7-9-19)10-21-25(32)29-26(28)35-21/h6-9,14,21,31H,10-13H2,1-5H3,(H2,28,29,32). The molecule has 1 amide bonds. The zero-order valence-corrected chi connectivity index (χ0v) is 21.6. The first-order valence-corrected chi connectivity index (χ1v) is 12.7. The Bertz CT molecular complexity index is 1210. The largest absolute Gasteiger partial charge is 0.507 e. The molecule has 186 valence electrons. The molecule has 35 heavy (non-hydrogen) atoms. The van der Waals surface area contributed by atoms with Gasteiger partial charge in [-0.05, 0) is 68.4 Å². The van der Waals surface area contributed by atoms with Gasteiger partial charge in [0.05, 0.1) is 17.2 Å². The monoisotopic (exact) mass is 496 g/mol. The van der Waals surface area contributed by atoms with E-state index in [4.69, 9.17) is 15.2 Å². The van der Waals surface area contributed by atoms with Gasteiger partial charge in [-0.15, -0.1) is 0 Å². The van der Waals surface area contributed by atoms with Crippen molar-refractivity contribution in [1.82, 2.24) is 0 Å². The SMILES string of the molecule is Cc1c(C)c2c(c(C)c1O)C(=O)CC(COc1ccc(CC3SC(N)=NC3=O)cc1)(CC(C)C)O2. The molecule has 0 spiro atoms. The quantitative estimate of drug-likeness (QED) is 0.574. The summed E-state index contributed by atoms with van der Waals surface area (Å²) in [5, 5.41) is 10.5. The molecule has 0 bridgehead atoms. The highest BCUT2D eigenvalue weighted by molar-refractivity contribution is 8.15. The van der Waals surface area contributed by atoms with Gasteiger partial charge in [-0.1, -0.05) is 37.7 Å². The molecule has 0 saturated carbocycles. The molecule has 0 aromatic heterocycles. The van der Waals surface area contributed by atoms with E-state index in [9.17, 15) is 14.7 Å². The van der Waals surface area contributed by atoms with Crippen molar-refractivity contribution < 1.29 is 24.2 Å². The summed E-state index contributed by atoms with van der Waals surface area (Å²) in [5.41, 5.74) is 8.36. The first-order valence-electron chi connectivity index (χ1n) is 11.8. The molecule has 2 heterocycles. The van der Waals surface area contributed by atoms with Crippen LogP contribution in [0.15, 0.2) is 29.3 Å². The Labute approximate surface area is 210 Å². The van der Waals surface area contributed by atoms with E-state index < -0.39 is 5.60 Å². The van der Waals surface area contributed by atoms with Crippen molar-refractivity contribution in [3.8, 4) is 17.2 Å². The Morgan fingerprint density at radius 1 is 1.17 bits per heavy atom. The number of aromatic hydroxyl groups is 1. The molecule has 2 aliphatic heterocycles. The number of carbonyl (C=O) groups excluding carboxylic acids is 2. The molecule has 0 aliphatic carbocycles. The molecule has 3 N–H and O–H groups in total. The van der Waals surface area contributed by atoms with Gasteiger partial charge >= 0.3 is 0 Å². The molecule has 0 radical (unpaired) electrons. The predicted octanol–water partition coefficient (Wildman–Crippen LogP) is 4.65. The summed E-state index contributed by atoms with van der Waals surface area (Å²) in [6.07, 6.45) is 1.38. The van der Waals surface area contributed by atoms with E-state index >= 15 is 0 Å². The maximum absolute atomic E-state index is 13.3. The van der Waals surface area contributed by atoms with Crippen LogP contribution in [0.2, 0.25) is 0 Å². The summed E-state index contributed by atoms with van der Waals surface area (Å²) >= 11 is 1.29. The van der Waals surface area contributed by atoms with Crippen LogP contribution < -0.4 is 15.2 Å². The second kappa shape index (κ2) is 9.57. The summed E-state index contributed by atoms with van der Waals surface area (Å²) in [5.74, 6) is 1.41. The minimum absolute atomic E-state index is 0.0398. The van der Waals surface area contributed by atoms with Crippen LogP contribution in [0.1, 0.15) is 59.3 Å².